The van der Waals surface area contributed by atoms with Crippen LogP contribution in [0.25, 0.3) is 11.1 Å². The number of fused-ring (bicyclic) bond motifs is 3. The van der Waals surface area contributed by atoms with Gasteiger partial charge in [-0.3, -0.25) is 0 Å². The van der Waals surface area contributed by atoms with Crippen LogP contribution in [-0.2, 0) is 5.41 Å². The van der Waals surface area contributed by atoms with Crippen molar-refractivity contribution >= 4 is 5.69 Å². The van der Waals surface area contributed by atoms with Crippen molar-refractivity contribution in [3.63, 3.8) is 0 Å². The molecule has 1 saturated carbocycles. The number of anilines is 1. The van der Waals surface area contributed by atoms with E-state index in [1.54, 1.807) is 7.11 Å². The van der Waals surface area contributed by atoms with Gasteiger partial charge in [0.05, 0.1) is 29.6 Å². The maximum Gasteiger partial charge on any atom is 0.142 e. The van der Waals surface area contributed by atoms with Gasteiger partial charge in [0.2, 0.25) is 0 Å². The highest BCUT2D eigenvalue weighted by Crippen LogP contribution is 2.60. The molecule has 1 aliphatic heterocycles. The van der Waals surface area contributed by atoms with Gasteiger partial charge in [-0.25, -0.2) is 0 Å². The quantitative estimate of drug-likeness (QED) is 0.838. The molecule has 0 amide bonds. The van der Waals surface area contributed by atoms with E-state index >= 15 is 0 Å². The minimum absolute atomic E-state index is 0.334. The van der Waals surface area contributed by atoms with E-state index in [0.717, 1.165) is 58.8 Å². The number of aromatic nitrogens is 1. The molecule has 2 unspecified atom stereocenters. The molecule has 2 aromatic rings. The van der Waals surface area contributed by atoms with Crippen LogP contribution >= 0.6 is 0 Å². The van der Waals surface area contributed by atoms with Gasteiger partial charge < -0.3 is 19.7 Å². The van der Waals surface area contributed by atoms with E-state index in [1.807, 2.05) is 19.9 Å². The van der Waals surface area contributed by atoms with Crippen LogP contribution in [-0.4, -0.2) is 28.5 Å². The molecule has 1 aromatic carbocycles. The van der Waals surface area contributed by atoms with Crippen molar-refractivity contribution in [2.24, 2.45) is 0 Å². The molecular formula is C21H28N2O3. The maximum atomic E-state index is 11.7. The van der Waals surface area contributed by atoms with E-state index in [4.69, 9.17) is 9.26 Å². The third kappa shape index (κ3) is 1.98. The summed E-state index contributed by atoms with van der Waals surface area (Å²) in [5.41, 5.74) is 3.40. The van der Waals surface area contributed by atoms with Crippen LogP contribution in [0.2, 0.25) is 0 Å². The first kappa shape index (κ1) is 17.4. The van der Waals surface area contributed by atoms with E-state index in [-0.39, 0.29) is 5.41 Å². The van der Waals surface area contributed by atoms with Crippen LogP contribution in [0.4, 0.5) is 5.69 Å². The number of methoxy groups -OCH3 is 1. The standard InChI is InChI=1S/C21H28N2O3/c1-12-17(13(2)26-23-12)14-10-15-18(16(11-14)25-6)22-19(3,4)21(24)9-7-8-20(15,21)5/h10-11,22,24H,7-9H2,1-6H3. The van der Waals surface area contributed by atoms with Crippen molar-refractivity contribution in [2.75, 3.05) is 12.4 Å². The zero-order valence-electron chi connectivity index (χ0n) is 16.5. The summed E-state index contributed by atoms with van der Waals surface area (Å²) < 4.78 is 11.1. The fourth-order valence-corrected chi connectivity index (χ4v) is 5.34. The zero-order valence-corrected chi connectivity index (χ0v) is 16.5. The van der Waals surface area contributed by atoms with Crippen LogP contribution in [0.5, 0.6) is 5.75 Å². The second-order valence-corrected chi connectivity index (χ2v) is 8.60. The summed E-state index contributed by atoms with van der Waals surface area (Å²) >= 11 is 0. The Morgan fingerprint density at radius 3 is 2.54 bits per heavy atom. The molecule has 4 rings (SSSR count). The number of hydrogen-bond acceptors (Lipinski definition) is 5. The SMILES string of the molecule is COc1cc(-c2c(C)noc2C)cc2c1NC(C)(C)C1(O)CCCC21C. The van der Waals surface area contributed by atoms with Crippen molar-refractivity contribution in [3.05, 3.63) is 29.2 Å². The maximum absolute atomic E-state index is 11.7. The Bertz CT molecular complexity index is 866. The van der Waals surface area contributed by atoms with Gasteiger partial charge in [-0.15, -0.1) is 0 Å². The van der Waals surface area contributed by atoms with Crippen molar-refractivity contribution in [3.8, 4) is 16.9 Å². The zero-order chi connectivity index (χ0) is 18.9. The second kappa shape index (κ2) is 5.26. The molecule has 1 fully saturated rings. The van der Waals surface area contributed by atoms with Crippen LogP contribution in [0.1, 0.15) is 57.1 Å². The van der Waals surface area contributed by atoms with Gasteiger partial charge in [-0.05, 0) is 70.2 Å². The highest BCUT2D eigenvalue weighted by molar-refractivity contribution is 5.79. The smallest absolute Gasteiger partial charge is 0.142 e. The van der Waals surface area contributed by atoms with E-state index in [0.29, 0.717) is 0 Å². The molecule has 5 nitrogen and oxygen atoms in total. The highest BCUT2D eigenvalue weighted by Gasteiger charge is 2.63. The first-order chi connectivity index (χ1) is 12.1. The van der Waals surface area contributed by atoms with Crippen molar-refractivity contribution < 1.29 is 14.4 Å². The monoisotopic (exact) mass is 356 g/mol. The normalized spacial score (nSPS) is 29.0. The number of hydrogen-bond donors (Lipinski definition) is 2. The summed E-state index contributed by atoms with van der Waals surface area (Å²) in [5.74, 6) is 1.58. The molecule has 140 valence electrons. The van der Waals surface area contributed by atoms with Gasteiger partial charge >= 0.3 is 0 Å². The Balaban J connectivity index is 2.02. The van der Waals surface area contributed by atoms with Gasteiger partial charge in [0.15, 0.2) is 0 Å². The first-order valence-corrected chi connectivity index (χ1v) is 9.31. The summed E-state index contributed by atoms with van der Waals surface area (Å²) in [7, 11) is 1.69. The third-order valence-corrected chi connectivity index (χ3v) is 6.84. The number of aliphatic hydroxyl groups is 1. The van der Waals surface area contributed by atoms with Gasteiger partial charge in [-0.2, -0.15) is 0 Å². The summed E-state index contributed by atoms with van der Waals surface area (Å²) in [4.78, 5) is 0. The lowest BCUT2D eigenvalue weighted by Crippen LogP contribution is -2.65. The van der Waals surface area contributed by atoms with Crippen molar-refractivity contribution in [1.29, 1.82) is 0 Å². The molecule has 1 aromatic heterocycles. The van der Waals surface area contributed by atoms with Crippen molar-refractivity contribution in [1.82, 2.24) is 5.16 Å². The summed E-state index contributed by atoms with van der Waals surface area (Å²) in [6, 6.07) is 4.22. The van der Waals surface area contributed by atoms with Crippen LogP contribution in [0.3, 0.4) is 0 Å². The van der Waals surface area contributed by atoms with E-state index in [9.17, 15) is 5.11 Å². The van der Waals surface area contributed by atoms with Crippen LogP contribution in [0, 0.1) is 13.8 Å². The fraction of sp³-hybridized carbons (Fsp3) is 0.571. The van der Waals surface area contributed by atoms with Gasteiger partial charge in [-0.1, -0.05) is 12.1 Å². The van der Waals surface area contributed by atoms with Crippen LogP contribution < -0.4 is 10.1 Å². The molecule has 1 aliphatic carbocycles. The minimum Gasteiger partial charge on any atom is -0.495 e. The molecular weight excluding hydrogens is 328 g/mol. The minimum atomic E-state index is -0.810. The molecule has 0 bridgehead atoms. The van der Waals surface area contributed by atoms with Gasteiger partial charge in [0.1, 0.15) is 11.5 Å². The number of nitrogens with one attached hydrogen (secondary N) is 1. The Labute approximate surface area is 154 Å². The Morgan fingerprint density at radius 1 is 1.19 bits per heavy atom. The number of rotatable bonds is 2. The van der Waals surface area contributed by atoms with E-state index in [1.165, 1.54) is 0 Å². The second-order valence-electron chi connectivity index (χ2n) is 8.60. The van der Waals surface area contributed by atoms with E-state index < -0.39 is 11.1 Å². The Morgan fingerprint density at radius 2 is 1.92 bits per heavy atom. The number of benzene rings is 1. The average molecular weight is 356 g/mol. The summed E-state index contributed by atoms with van der Waals surface area (Å²) in [6.45, 7) is 10.2. The Kier molecular flexibility index (Phi) is 3.52. The number of aryl methyl sites for hydroxylation is 2. The topological polar surface area (TPSA) is 67.5 Å². The molecule has 5 heteroatoms. The molecule has 0 spiro atoms. The first-order valence-electron chi connectivity index (χ1n) is 9.31. The molecule has 2 aliphatic rings. The lowest BCUT2D eigenvalue weighted by atomic mass is 9.59. The number of ether oxygens (including phenoxy) is 1. The Hall–Kier alpha value is -2.01. The largest absolute Gasteiger partial charge is 0.495 e. The molecule has 2 N–H and O–H groups in total. The third-order valence-electron chi connectivity index (χ3n) is 6.84. The molecule has 2 heterocycles. The summed E-state index contributed by atoms with van der Waals surface area (Å²) in [5, 5.41) is 19.4. The summed E-state index contributed by atoms with van der Waals surface area (Å²) in [6.07, 6.45) is 2.76. The van der Waals surface area contributed by atoms with Crippen LogP contribution in [0.15, 0.2) is 16.7 Å². The lowest BCUT2D eigenvalue weighted by molar-refractivity contribution is -0.0630. The molecule has 2 atom stereocenters. The number of nitrogens with zero attached hydrogens (tertiary/aromatic N) is 1. The van der Waals surface area contributed by atoms with E-state index in [2.05, 4.69) is 37.3 Å². The molecule has 0 radical (unpaired) electrons. The lowest BCUT2D eigenvalue weighted by Gasteiger charge is -2.55. The van der Waals surface area contributed by atoms with Crippen molar-refractivity contribution in [2.45, 2.75) is 70.4 Å². The predicted octanol–water partition coefficient (Wildman–Crippen LogP) is 4.34. The van der Waals surface area contributed by atoms with Gasteiger partial charge in [0.25, 0.3) is 0 Å². The molecule has 26 heavy (non-hydrogen) atoms. The van der Waals surface area contributed by atoms with Gasteiger partial charge in [0, 0.05) is 11.0 Å². The predicted molar refractivity (Wildman–Crippen MR) is 102 cm³/mol. The average Bonchev–Trinajstić information content (AvgIpc) is 3.08. The molecule has 0 saturated heterocycles. The fourth-order valence-electron chi connectivity index (χ4n) is 5.34. The highest BCUT2D eigenvalue weighted by atomic mass is 16.5.